The number of esters is 1. The average Bonchev–Trinajstić information content (AvgIpc) is 3.15. The molecule has 8 nitrogen and oxygen atoms in total. The maximum Gasteiger partial charge on any atom is 0.328 e. The first kappa shape index (κ1) is 20.9. The van der Waals surface area contributed by atoms with E-state index in [0.29, 0.717) is 0 Å². The van der Waals surface area contributed by atoms with Gasteiger partial charge in [0, 0.05) is 23.5 Å². The maximum absolute atomic E-state index is 12.2. The highest BCUT2D eigenvalue weighted by atomic mass is 16.5. The van der Waals surface area contributed by atoms with Crippen LogP contribution in [-0.2, 0) is 27.4 Å². The molecule has 3 aromatic rings. The quantitative estimate of drug-likeness (QED) is 0.426. The van der Waals surface area contributed by atoms with Gasteiger partial charge in [-0.2, -0.15) is 0 Å². The van der Waals surface area contributed by atoms with Crippen LogP contribution in [0.5, 0.6) is 0 Å². The zero-order valence-corrected chi connectivity index (χ0v) is 16.4. The van der Waals surface area contributed by atoms with E-state index in [1.807, 2.05) is 54.6 Å². The summed E-state index contributed by atoms with van der Waals surface area (Å²) in [6.45, 7) is 1.56. The Hall–Kier alpha value is -3.81. The lowest BCUT2D eigenvalue weighted by atomic mass is 10.1. The number of fused-ring (bicyclic) bond motifs is 1. The number of para-hydroxylation sites is 1. The molecule has 3 rings (SSSR count). The van der Waals surface area contributed by atoms with Gasteiger partial charge in [-0.15, -0.1) is 0 Å². The molecule has 8 heteroatoms. The van der Waals surface area contributed by atoms with E-state index in [1.165, 1.54) is 6.92 Å². The zero-order chi connectivity index (χ0) is 21.5. The third-order valence-corrected chi connectivity index (χ3v) is 4.63. The number of H-pyrrole nitrogens is 1. The summed E-state index contributed by atoms with van der Waals surface area (Å²) in [6, 6.07) is 13.8. The van der Waals surface area contributed by atoms with Gasteiger partial charge < -0.3 is 25.5 Å². The predicted molar refractivity (Wildman–Crippen MR) is 111 cm³/mol. The Morgan fingerprint density at radius 2 is 1.73 bits per heavy atom. The molecule has 0 unspecified atom stereocenters. The summed E-state index contributed by atoms with van der Waals surface area (Å²) in [6.07, 6.45) is 1.82. The molecule has 2 aromatic carbocycles. The number of aromatic nitrogens is 1. The number of aromatic amines is 1. The van der Waals surface area contributed by atoms with Crippen molar-refractivity contribution < 1.29 is 24.2 Å². The molecule has 0 saturated carbocycles. The number of hydrogen-bond donors (Lipinski definition) is 4. The van der Waals surface area contributed by atoms with Crippen molar-refractivity contribution >= 4 is 28.9 Å². The first-order valence-electron chi connectivity index (χ1n) is 9.49. The van der Waals surface area contributed by atoms with Gasteiger partial charge in [-0.3, -0.25) is 0 Å². The minimum absolute atomic E-state index is 0.0889. The summed E-state index contributed by atoms with van der Waals surface area (Å²) < 4.78 is 5.17. The van der Waals surface area contributed by atoms with E-state index < -0.39 is 30.1 Å². The molecule has 0 bridgehead atoms. The molecule has 0 fully saturated rings. The van der Waals surface area contributed by atoms with E-state index in [9.17, 15) is 19.5 Å². The fraction of sp³-hybridized carbons (Fsp3) is 0.227. The largest absolute Gasteiger partial charge is 0.480 e. The highest BCUT2D eigenvalue weighted by Gasteiger charge is 2.24. The molecule has 30 heavy (non-hydrogen) atoms. The van der Waals surface area contributed by atoms with Crippen molar-refractivity contribution in [1.29, 1.82) is 0 Å². The third kappa shape index (κ3) is 5.38. The summed E-state index contributed by atoms with van der Waals surface area (Å²) in [5.41, 5.74) is 2.48. The number of carboxylic acids is 1. The molecule has 0 aliphatic carbocycles. The molecule has 1 aromatic heterocycles. The smallest absolute Gasteiger partial charge is 0.328 e. The van der Waals surface area contributed by atoms with E-state index in [1.54, 1.807) is 6.20 Å². The standard InChI is InChI=1S/C22H23N3O5/c1-14(21(28)30-13-15-7-3-2-4-8-15)24-22(29)25-19(20(26)27)11-16-12-23-18-10-6-5-9-17(16)18/h2-10,12,14,19,23H,11,13H2,1H3,(H,26,27)(H2,24,25,29)/t14-,19-/m0/s1. The summed E-state index contributed by atoms with van der Waals surface area (Å²) in [5, 5.41) is 15.2. The first-order valence-corrected chi connectivity index (χ1v) is 9.49. The van der Waals surface area contributed by atoms with Crippen LogP contribution in [0.15, 0.2) is 60.8 Å². The maximum atomic E-state index is 12.2. The molecule has 2 atom stereocenters. The number of amides is 2. The van der Waals surface area contributed by atoms with E-state index in [2.05, 4.69) is 15.6 Å². The second-order valence-electron chi connectivity index (χ2n) is 6.89. The molecule has 0 radical (unpaired) electrons. The third-order valence-electron chi connectivity index (χ3n) is 4.63. The monoisotopic (exact) mass is 409 g/mol. The Balaban J connectivity index is 1.54. The number of benzene rings is 2. The molecule has 0 aliphatic rings. The second-order valence-corrected chi connectivity index (χ2v) is 6.89. The Bertz CT molecular complexity index is 1030. The van der Waals surface area contributed by atoms with Crippen LogP contribution in [0.3, 0.4) is 0 Å². The minimum atomic E-state index is -1.17. The van der Waals surface area contributed by atoms with Crippen LogP contribution < -0.4 is 10.6 Å². The fourth-order valence-corrected chi connectivity index (χ4v) is 3.03. The number of nitrogens with one attached hydrogen (secondary N) is 3. The Morgan fingerprint density at radius 3 is 2.47 bits per heavy atom. The molecular weight excluding hydrogens is 386 g/mol. The number of aliphatic carboxylic acids is 1. The van der Waals surface area contributed by atoms with Gasteiger partial charge in [0.05, 0.1) is 0 Å². The van der Waals surface area contributed by atoms with Crippen LogP contribution >= 0.6 is 0 Å². The van der Waals surface area contributed by atoms with E-state index in [4.69, 9.17) is 4.74 Å². The van der Waals surface area contributed by atoms with E-state index >= 15 is 0 Å². The second kappa shape index (κ2) is 9.60. The number of rotatable bonds is 8. The van der Waals surface area contributed by atoms with Gasteiger partial charge in [-0.25, -0.2) is 14.4 Å². The zero-order valence-electron chi connectivity index (χ0n) is 16.4. The van der Waals surface area contributed by atoms with Crippen molar-refractivity contribution in [3.8, 4) is 0 Å². The van der Waals surface area contributed by atoms with E-state index in [0.717, 1.165) is 22.0 Å². The predicted octanol–water partition coefficient (Wildman–Crippen LogP) is 2.59. The fourth-order valence-electron chi connectivity index (χ4n) is 3.03. The van der Waals surface area contributed by atoms with Crippen LogP contribution in [0.25, 0.3) is 10.9 Å². The lowest BCUT2D eigenvalue weighted by Gasteiger charge is -2.18. The highest BCUT2D eigenvalue weighted by Crippen LogP contribution is 2.19. The number of carbonyl (C=O) groups is 3. The minimum Gasteiger partial charge on any atom is -0.480 e. The van der Waals surface area contributed by atoms with Crippen molar-refractivity contribution in [2.75, 3.05) is 0 Å². The van der Waals surface area contributed by atoms with Crippen LogP contribution in [0.4, 0.5) is 4.79 Å². The summed E-state index contributed by atoms with van der Waals surface area (Å²) >= 11 is 0. The Kier molecular flexibility index (Phi) is 6.69. The van der Waals surface area contributed by atoms with Gasteiger partial charge in [-0.05, 0) is 24.1 Å². The lowest BCUT2D eigenvalue weighted by molar-refractivity contribution is -0.146. The highest BCUT2D eigenvalue weighted by molar-refractivity contribution is 5.88. The average molecular weight is 409 g/mol. The molecule has 156 valence electrons. The van der Waals surface area contributed by atoms with Gasteiger partial charge in [0.2, 0.25) is 0 Å². The van der Waals surface area contributed by atoms with Gasteiger partial charge in [0.25, 0.3) is 0 Å². The van der Waals surface area contributed by atoms with Gasteiger partial charge in [0.1, 0.15) is 18.7 Å². The number of hydrogen-bond acceptors (Lipinski definition) is 4. The number of carbonyl (C=O) groups excluding carboxylic acids is 2. The van der Waals surface area contributed by atoms with Crippen molar-refractivity contribution in [3.05, 3.63) is 71.9 Å². The van der Waals surface area contributed by atoms with Crippen molar-refractivity contribution in [2.24, 2.45) is 0 Å². The van der Waals surface area contributed by atoms with Crippen LogP contribution in [0.2, 0.25) is 0 Å². The number of urea groups is 1. The lowest BCUT2D eigenvalue weighted by Crippen LogP contribution is -2.51. The van der Waals surface area contributed by atoms with Crippen molar-refractivity contribution in [1.82, 2.24) is 15.6 Å². The summed E-state index contributed by atoms with van der Waals surface area (Å²) in [5.74, 6) is -1.78. The SMILES string of the molecule is C[C@H](NC(=O)N[C@@H](Cc1c[nH]c2ccccc12)C(=O)O)C(=O)OCc1ccccc1. The first-order chi connectivity index (χ1) is 14.4. The Morgan fingerprint density at radius 1 is 1.03 bits per heavy atom. The molecule has 0 aliphatic heterocycles. The topological polar surface area (TPSA) is 121 Å². The van der Waals surface area contributed by atoms with Crippen LogP contribution in [0, 0.1) is 0 Å². The van der Waals surface area contributed by atoms with E-state index in [-0.39, 0.29) is 13.0 Å². The molecule has 4 N–H and O–H groups in total. The van der Waals surface area contributed by atoms with Crippen molar-refractivity contribution in [3.63, 3.8) is 0 Å². The van der Waals surface area contributed by atoms with Gasteiger partial charge in [-0.1, -0.05) is 48.5 Å². The molecule has 0 spiro atoms. The Labute approximate surface area is 173 Å². The number of carboxylic acid groups (broad SMARTS) is 1. The van der Waals surface area contributed by atoms with Crippen LogP contribution in [-0.4, -0.2) is 40.1 Å². The van der Waals surface area contributed by atoms with Gasteiger partial charge >= 0.3 is 18.0 Å². The van der Waals surface area contributed by atoms with Crippen LogP contribution in [0.1, 0.15) is 18.1 Å². The molecule has 0 saturated heterocycles. The van der Waals surface area contributed by atoms with Crippen molar-refractivity contribution in [2.45, 2.75) is 32.0 Å². The number of ether oxygens (including phenoxy) is 1. The molecule has 2 amide bonds. The summed E-state index contributed by atoms with van der Waals surface area (Å²) in [7, 11) is 0. The van der Waals surface area contributed by atoms with Gasteiger partial charge in [0.15, 0.2) is 0 Å². The molecular formula is C22H23N3O5. The summed E-state index contributed by atoms with van der Waals surface area (Å²) in [4.78, 5) is 39.0. The molecule has 1 heterocycles. The normalized spacial score (nSPS) is 12.7.